The lowest BCUT2D eigenvalue weighted by Crippen LogP contribution is -2.09. The van der Waals surface area contributed by atoms with Crippen molar-refractivity contribution in [1.82, 2.24) is 0 Å². The van der Waals surface area contributed by atoms with Gasteiger partial charge in [-0.1, -0.05) is 24.3 Å². The summed E-state index contributed by atoms with van der Waals surface area (Å²) in [5, 5.41) is 17.0. The molecule has 2 aromatic carbocycles. The summed E-state index contributed by atoms with van der Waals surface area (Å²) < 4.78 is 9.48. The summed E-state index contributed by atoms with van der Waals surface area (Å²) in [6, 6.07) is 13.9. The summed E-state index contributed by atoms with van der Waals surface area (Å²) in [6.45, 7) is 0. The number of benzene rings is 2. The molecule has 0 unspecified atom stereocenters. The molecule has 0 aliphatic heterocycles. The van der Waals surface area contributed by atoms with Crippen molar-refractivity contribution in [3.05, 3.63) is 59.7 Å². The number of halogens is 2. The minimum Gasteiger partial charge on any atom is -0.388 e. The predicted octanol–water partition coefficient (Wildman–Crippen LogP) is 4.34. The number of rotatable bonds is 5. The summed E-state index contributed by atoms with van der Waals surface area (Å²) in [4.78, 5) is -0.662. The molecule has 4 nitrogen and oxygen atoms in total. The molecular weight excluding hydrogens is 323 g/mol. The van der Waals surface area contributed by atoms with Crippen LogP contribution >= 0.6 is 23.2 Å². The first kappa shape index (κ1) is 16.0. The third kappa shape index (κ3) is 3.83. The van der Waals surface area contributed by atoms with Crippen molar-refractivity contribution in [2.45, 2.75) is 10.8 Å². The first-order valence-corrected chi connectivity index (χ1v) is 7.13. The smallest absolute Gasteiger partial charge is 0.292 e. The fraction of sp³-hybridized carbons (Fsp3) is 0.125. The van der Waals surface area contributed by atoms with Crippen molar-refractivity contribution in [1.29, 1.82) is 10.5 Å². The van der Waals surface area contributed by atoms with E-state index in [1.807, 2.05) is 0 Å². The maximum atomic E-state index is 8.48. The van der Waals surface area contributed by atoms with Gasteiger partial charge in [-0.25, -0.2) is 0 Å². The van der Waals surface area contributed by atoms with E-state index < -0.39 is 4.84 Å². The van der Waals surface area contributed by atoms with Crippen LogP contribution in [0.15, 0.2) is 48.5 Å². The van der Waals surface area contributed by atoms with Crippen molar-refractivity contribution >= 4 is 23.2 Å². The molecular formula is C16H10Cl2N2O2. The van der Waals surface area contributed by atoms with Crippen LogP contribution in [0.2, 0.25) is 0 Å². The monoisotopic (exact) mass is 332 g/mol. The van der Waals surface area contributed by atoms with Crippen LogP contribution in [0.1, 0.15) is 17.0 Å². The van der Waals surface area contributed by atoms with Crippen molar-refractivity contribution in [2.75, 3.05) is 0 Å². The molecule has 0 fully saturated rings. The van der Waals surface area contributed by atoms with E-state index in [2.05, 4.69) is 0 Å². The molecule has 0 saturated heterocycles. The molecule has 0 spiro atoms. The highest BCUT2D eigenvalue weighted by Gasteiger charge is 2.21. The molecule has 0 heterocycles. The fourth-order valence-electron chi connectivity index (χ4n) is 2.08. The molecule has 0 bridgehead atoms. The molecule has 2 rings (SSSR count). The van der Waals surface area contributed by atoms with Crippen LogP contribution in [0, 0.1) is 23.0 Å². The zero-order chi connectivity index (χ0) is 15.9. The predicted molar refractivity (Wildman–Crippen MR) is 82.7 cm³/mol. The van der Waals surface area contributed by atoms with Crippen molar-refractivity contribution < 1.29 is 9.47 Å². The Hall–Kier alpha value is -2.40. The summed E-state index contributed by atoms with van der Waals surface area (Å²) in [7, 11) is 0. The zero-order valence-corrected chi connectivity index (χ0v) is 12.8. The van der Waals surface area contributed by atoms with Gasteiger partial charge in [-0.15, -0.1) is 33.7 Å². The van der Waals surface area contributed by atoms with E-state index in [1.54, 1.807) is 61.0 Å². The molecule has 0 radical (unpaired) electrons. The third-order valence-electron chi connectivity index (χ3n) is 3.06. The number of nitrogens with zero attached hydrogens (tertiary/aromatic N) is 2. The molecule has 0 aliphatic rings. The van der Waals surface area contributed by atoms with E-state index in [4.69, 9.17) is 43.2 Å². The highest BCUT2D eigenvalue weighted by molar-refractivity contribution is 6.45. The summed E-state index contributed by atoms with van der Waals surface area (Å²) >= 11 is 12.2. The number of nitriles is 2. The number of alkyl halides is 2. The second-order valence-corrected chi connectivity index (χ2v) is 5.50. The zero-order valence-electron chi connectivity index (χ0n) is 11.2. The molecule has 22 heavy (non-hydrogen) atoms. The van der Waals surface area contributed by atoms with Crippen molar-refractivity contribution in [3.8, 4) is 24.0 Å². The first-order chi connectivity index (χ1) is 10.7. The Labute approximate surface area is 138 Å². The number of hydrogen-bond acceptors (Lipinski definition) is 4. The van der Waals surface area contributed by atoms with Crippen LogP contribution < -0.4 is 9.47 Å². The van der Waals surface area contributed by atoms with Gasteiger partial charge in [0.05, 0.1) is 0 Å². The lowest BCUT2D eigenvalue weighted by molar-refractivity contribution is 0.506. The van der Waals surface area contributed by atoms with E-state index >= 15 is 0 Å². The normalized spacial score (nSPS) is 10.1. The molecule has 0 N–H and O–H groups in total. The van der Waals surface area contributed by atoms with Gasteiger partial charge in [0.15, 0.2) is 0 Å². The topological polar surface area (TPSA) is 66.0 Å². The molecule has 2 aromatic rings. The summed E-state index contributed by atoms with van der Waals surface area (Å²) in [5.74, 6) is 0.641. The average molecular weight is 333 g/mol. The highest BCUT2D eigenvalue weighted by atomic mass is 35.5. The van der Waals surface area contributed by atoms with Gasteiger partial charge in [-0.2, -0.15) is 0 Å². The summed E-state index contributed by atoms with van der Waals surface area (Å²) in [5.41, 5.74) is 1.77. The standard InChI is InChI=1S/C16H10Cl2N2O2/c17-16(18)15(11-1-5-13(6-2-11)21-9-19)12-3-7-14(8-4-12)22-10-20/h1-8,15-16H. The maximum Gasteiger partial charge on any atom is 0.292 e. The van der Waals surface area contributed by atoms with Crippen molar-refractivity contribution in [2.24, 2.45) is 0 Å². The third-order valence-corrected chi connectivity index (χ3v) is 3.56. The Morgan fingerprint density at radius 1 is 0.727 bits per heavy atom. The van der Waals surface area contributed by atoms with Crippen LogP contribution in [-0.2, 0) is 0 Å². The van der Waals surface area contributed by atoms with E-state index in [0.717, 1.165) is 11.1 Å². The number of hydrogen-bond donors (Lipinski definition) is 0. The largest absolute Gasteiger partial charge is 0.388 e. The van der Waals surface area contributed by atoms with Gasteiger partial charge in [-0.05, 0) is 35.4 Å². The van der Waals surface area contributed by atoms with E-state index in [9.17, 15) is 0 Å². The SMILES string of the molecule is N#COc1ccc(C(c2ccc(OC#N)cc2)C(Cl)Cl)cc1. The van der Waals surface area contributed by atoms with Crippen LogP contribution in [0.25, 0.3) is 0 Å². The Bertz CT molecular complexity index is 641. The molecule has 0 aliphatic carbocycles. The van der Waals surface area contributed by atoms with Crippen LogP contribution in [0.5, 0.6) is 11.5 Å². The Kier molecular flexibility index (Phi) is 5.49. The maximum absolute atomic E-state index is 8.48. The van der Waals surface area contributed by atoms with E-state index in [0.29, 0.717) is 11.5 Å². The minimum absolute atomic E-state index is 0.254. The second kappa shape index (κ2) is 7.56. The molecule has 0 atom stereocenters. The van der Waals surface area contributed by atoms with Gasteiger partial charge >= 0.3 is 0 Å². The van der Waals surface area contributed by atoms with Crippen LogP contribution in [-0.4, -0.2) is 4.84 Å². The average Bonchev–Trinajstić information content (AvgIpc) is 2.51. The minimum atomic E-state index is -0.662. The van der Waals surface area contributed by atoms with E-state index in [1.165, 1.54) is 0 Å². The summed E-state index contributed by atoms with van der Waals surface area (Å²) in [6.07, 6.45) is 3.23. The van der Waals surface area contributed by atoms with Gasteiger partial charge in [-0.3, -0.25) is 0 Å². The van der Waals surface area contributed by atoms with Crippen molar-refractivity contribution in [3.63, 3.8) is 0 Å². The van der Waals surface area contributed by atoms with Gasteiger partial charge in [0.25, 0.3) is 12.5 Å². The first-order valence-electron chi connectivity index (χ1n) is 6.25. The Balaban J connectivity index is 2.30. The molecule has 0 saturated carbocycles. The molecule has 110 valence electrons. The molecule has 0 aromatic heterocycles. The van der Waals surface area contributed by atoms with Gasteiger partial charge < -0.3 is 9.47 Å². The lowest BCUT2D eigenvalue weighted by atomic mass is 9.92. The lowest BCUT2D eigenvalue weighted by Gasteiger charge is -2.19. The fourth-order valence-corrected chi connectivity index (χ4v) is 2.66. The molecule has 0 amide bonds. The van der Waals surface area contributed by atoms with Gasteiger partial charge in [0, 0.05) is 5.92 Å². The molecule has 6 heteroatoms. The number of ether oxygens (including phenoxy) is 2. The van der Waals surface area contributed by atoms with E-state index in [-0.39, 0.29) is 5.92 Å². The van der Waals surface area contributed by atoms with Gasteiger partial charge in [0.1, 0.15) is 16.3 Å². The van der Waals surface area contributed by atoms with Crippen LogP contribution in [0.3, 0.4) is 0 Å². The quantitative estimate of drug-likeness (QED) is 0.603. The Morgan fingerprint density at radius 3 is 1.36 bits per heavy atom. The second-order valence-electron chi connectivity index (χ2n) is 4.34. The van der Waals surface area contributed by atoms with Gasteiger partial charge in [0.2, 0.25) is 0 Å². The Morgan fingerprint density at radius 2 is 1.09 bits per heavy atom. The van der Waals surface area contributed by atoms with Crippen LogP contribution in [0.4, 0.5) is 0 Å². The highest BCUT2D eigenvalue weighted by Crippen LogP contribution is 2.34.